The third-order valence-corrected chi connectivity index (χ3v) is 6.20. The standard InChI is InChI=1S/C26H25NO4S/c1-4-30-26(29)24-21(17-8-6-5-7-9-17)15-32-25(24)27-23(28)13-19-14-31-22-11-10-18(16(2)3)12-20(19)22/h5-12,14-16H,4,13H2,1-3H3,(H,27,28). The first-order valence-corrected chi connectivity index (χ1v) is 11.5. The Morgan fingerprint density at radius 3 is 2.62 bits per heavy atom. The molecule has 0 bridgehead atoms. The van der Waals surface area contributed by atoms with Crippen LogP contribution < -0.4 is 5.32 Å². The number of hydrogen-bond acceptors (Lipinski definition) is 5. The summed E-state index contributed by atoms with van der Waals surface area (Å²) >= 11 is 1.32. The molecule has 4 aromatic rings. The molecular weight excluding hydrogens is 422 g/mol. The van der Waals surface area contributed by atoms with Crippen molar-refractivity contribution in [1.29, 1.82) is 0 Å². The summed E-state index contributed by atoms with van der Waals surface area (Å²) in [4.78, 5) is 25.6. The molecule has 4 rings (SSSR count). The van der Waals surface area contributed by atoms with Crippen LogP contribution in [-0.4, -0.2) is 18.5 Å². The number of ether oxygens (including phenoxy) is 1. The normalized spacial score (nSPS) is 11.1. The summed E-state index contributed by atoms with van der Waals surface area (Å²) in [5.41, 5.74) is 4.80. The lowest BCUT2D eigenvalue weighted by Gasteiger charge is -2.09. The Labute approximate surface area is 191 Å². The van der Waals surface area contributed by atoms with Gasteiger partial charge in [-0.15, -0.1) is 11.3 Å². The van der Waals surface area contributed by atoms with Gasteiger partial charge in [0, 0.05) is 21.9 Å². The van der Waals surface area contributed by atoms with Crippen molar-refractivity contribution in [2.45, 2.75) is 33.1 Å². The molecule has 0 radical (unpaired) electrons. The summed E-state index contributed by atoms with van der Waals surface area (Å²) in [6.07, 6.45) is 1.78. The summed E-state index contributed by atoms with van der Waals surface area (Å²) in [6, 6.07) is 15.7. The fourth-order valence-corrected chi connectivity index (χ4v) is 4.60. The monoisotopic (exact) mass is 447 g/mol. The highest BCUT2D eigenvalue weighted by Crippen LogP contribution is 2.36. The van der Waals surface area contributed by atoms with E-state index in [1.807, 2.05) is 47.8 Å². The maximum absolute atomic E-state index is 12.9. The lowest BCUT2D eigenvalue weighted by atomic mass is 10.00. The average molecular weight is 448 g/mol. The molecule has 164 valence electrons. The second-order valence-corrected chi connectivity index (χ2v) is 8.72. The number of carbonyl (C=O) groups is 2. The zero-order chi connectivity index (χ0) is 22.7. The Bertz CT molecular complexity index is 1250. The molecule has 32 heavy (non-hydrogen) atoms. The van der Waals surface area contributed by atoms with E-state index in [0.29, 0.717) is 16.5 Å². The summed E-state index contributed by atoms with van der Waals surface area (Å²) in [5.74, 6) is -0.279. The summed E-state index contributed by atoms with van der Waals surface area (Å²) in [7, 11) is 0. The van der Waals surface area contributed by atoms with Crippen LogP contribution in [0.5, 0.6) is 0 Å². The van der Waals surface area contributed by atoms with Crippen molar-refractivity contribution in [2.75, 3.05) is 11.9 Å². The van der Waals surface area contributed by atoms with E-state index in [2.05, 4.69) is 25.2 Å². The van der Waals surface area contributed by atoms with Crippen molar-refractivity contribution in [3.8, 4) is 11.1 Å². The average Bonchev–Trinajstić information content (AvgIpc) is 3.38. The minimum Gasteiger partial charge on any atom is -0.464 e. The third kappa shape index (κ3) is 4.46. The molecule has 1 N–H and O–H groups in total. The number of fused-ring (bicyclic) bond motifs is 1. The fraction of sp³-hybridized carbons (Fsp3) is 0.231. The topological polar surface area (TPSA) is 68.5 Å². The van der Waals surface area contributed by atoms with E-state index in [0.717, 1.165) is 27.7 Å². The largest absolute Gasteiger partial charge is 0.464 e. The van der Waals surface area contributed by atoms with E-state index in [1.54, 1.807) is 13.2 Å². The van der Waals surface area contributed by atoms with Crippen LogP contribution in [0.2, 0.25) is 0 Å². The first-order valence-electron chi connectivity index (χ1n) is 10.6. The van der Waals surface area contributed by atoms with Crippen LogP contribution in [0.1, 0.15) is 48.2 Å². The molecule has 2 aromatic carbocycles. The smallest absolute Gasteiger partial charge is 0.341 e. The number of furan rings is 1. The van der Waals surface area contributed by atoms with Crippen molar-refractivity contribution in [2.24, 2.45) is 0 Å². The van der Waals surface area contributed by atoms with Gasteiger partial charge in [0.2, 0.25) is 5.91 Å². The zero-order valence-corrected chi connectivity index (χ0v) is 19.1. The van der Waals surface area contributed by atoms with Gasteiger partial charge in [-0.05, 0) is 36.1 Å². The van der Waals surface area contributed by atoms with Gasteiger partial charge >= 0.3 is 5.97 Å². The van der Waals surface area contributed by atoms with Crippen molar-refractivity contribution in [3.63, 3.8) is 0 Å². The number of carbonyl (C=O) groups excluding carboxylic acids is 2. The maximum atomic E-state index is 12.9. The Kier molecular flexibility index (Phi) is 6.42. The number of amides is 1. The molecule has 2 aromatic heterocycles. The number of nitrogens with one attached hydrogen (secondary N) is 1. The van der Waals surface area contributed by atoms with Crippen LogP contribution in [0.4, 0.5) is 5.00 Å². The van der Waals surface area contributed by atoms with E-state index < -0.39 is 5.97 Å². The number of anilines is 1. The first-order chi connectivity index (χ1) is 15.5. The quantitative estimate of drug-likeness (QED) is 0.322. The van der Waals surface area contributed by atoms with Crippen LogP contribution in [0.25, 0.3) is 22.1 Å². The van der Waals surface area contributed by atoms with Gasteiger partial charge in [-0.3, -0.25) is 4.79 Å². The highest BCUT2D eigenvalue weighted by atomic mass is 32.1. The Morgan fingerprint density at radius 1 is 1.12 bits per heavy atom. The second kappa shape index (κ2) is 9.40. The Morgan fingerprint density at radius 2 is 1.91 bits per heavy atom. The highest BCUT2D eigenvalue weighted by Gasteiger charge is 2.23. The van der Waals surface area contributed by atoms with Gasteiger partial charge in [0.05, 0.1) is 19.3 Å². The lowest BCUT2D eigenvalue weighted by molar-refractivity contribution is -0.115. The van der Waals surface area contributed by atoms with E-state index in [9.17, 15) is 9.59 Å². The highest BCUT2D eigenvalue weighted by molar-refractivity contribution is 7.15. The molecule has 0 saturated heterocycles. The minimum absolute atomic E-state index is 0.148. The molecule has 0 aliphatic rings. The molecule has 0 unspecified atom stereocenters. The lowest BCUT2D eigenvalue weighted by Crippen LogP contribution is -2.16. The van der Waals surface area contributed by atoms with Gasteiger partial charge in [0.25, 0.3) is 0 Å². The van der Waals surface area contributed by atoms with E-state index in [4.69, 9.17) is 9.15 Å². The molecule has 0 aliphatic heterocycles. The summed E-state index contributed by atoms with van der Waals surface area (Å²) in [5, 5.41) is 6.22. The van der Waals surface area contributed by atoms with Crippen LogP contribution in [0.15, 0.2) is 64.6 Å². The van der Waals surface area contributed by atoms with Crippen molar-refractivity contribution < 1.29 is 18.7 Å². The van der Waals surface area contributed by atoms with Gasteiger partial charge in [-0.1, -0.05) is 50.2 Å². The molecule has 0 fully saturated rings. The molecule has 6 heteroatoms. The summed E-state index contributed by atoms with van der Waals surface area (Å²) in [6.45, 7) is 6.28. The zero-order valence-electron chi connectivity index (χ0n) is 18.3. The van der Waals surface area contributed by atoms with Gasteiger partial charge in [0.15, 0.2) is 0 Å². The van der Waals surface area contributed by atoms with Crippen LogP contribution in [0, 0.1) is 0 Å². The molecule has 0 atom stereocenters. The molecule has 0 saturated carbocycles. The van der Waals surface area contributed by atoms with Crippen LogP contribution in [0.3, 0.4) is 0 Å². The van der Waals surface area contributed by atoms with Gasteiger partial charge in [-0.25, -0.2) is 4.79 Å². The van der Waals surface area contributed by atoms with Gasteiger partial charge in [-0.2, -0.15) is 0 Å². The number of rotatable bonds is 7. The number of thiophene rings is 1. The molecule has 1 amide bonds. The minimum atomic E-state index is -0.446. The summed E-state index contributed by atoms with van der Waals surface area (Å²) < 4.78 is 10.9. The van der Waals surface area contributed by atoms with E-state index in [-0.39, 0.29) is 18.9 Å². The Hall–Kier alpha value is -3.38. The van der Waals surface area contributed by atoms with Crippen molar-refractivity contribution >= 4 is 39.2 Å². The SMILES string of the molecule is CCOC(=O)c1c(-c2ccccc2)csc1NC(=O)Cc1coc2ccc(C(C)C)cc12. The molecule has 5 nitrogen and oxygen atoms in total. The van der Waals surface area contributed by atoms with Crippen molar-refractivity contribution in [3.05, 3.63) is 76.9 Å². The van der Waals surface area contributed by atoms with E-state index in [1.165, 1.54) is 16.9 Å². The number of benzene rings is 2. The fourth-order valence-electron chi connectivity index (χ4n) is 3.63. The molecule has 0 spiro atoms. The second-order valence-electron chi connectivity index (χ2n) is 7.84. The molecule has 2 heterocycles. The van der Waals surface area contributed by atoms with Gasteiger partial charge < -0.3 is 14.5 Å². The van der Waals surface area contributed by atoms with Crippen molar-refractivity contribution in [1.82, 2.24) is 0 Å². The van der Waals surface area contributed by atoms with E-state index >= 15 is 0 Å². The number of esters is 1. The number of hydrogen-bond donors (Lipinski definition) is 1. The predicted octanol–water partition coefficient (Wildman–Crippen LogP) is 6.64. The molecule has 0 aliphatic carbocycles. The molecular formula is C26H25NO4S. The maximum Gasteiger partial charge on any atom is 0.341 e. The first kappa shape index (κ1) is 21.8. The van der Waals surface area contributed by atoms with Gasteiger partial charge in [0.1, 0.15) is 16.1 Å². The van der Waals surface area contributed by atoms with Crippen LogP contribution >= 0.6 is 11.3 Å². The Balaban J connectivity index is 1.61. The van der Waals surface area contributed by atoms with Crippen LogP contribution in [-0.2, 0) is 16.0 Å². The third-order valence-electron chi connectivity index (χ3n) is 5.30. The predicted molar refractivity (Wildman–Crippen MR) is 128 cm³/mol.